The van der Waals surface area contributed by atoms with Gasteiger partial charge in [-0.25, -0.2) is 0 Å². The van der Waals surface area contributed by atoms with E-state index in [0.717, 1.165) is 11.3 Å². The van der Waals surface area contributed by atoms with Crippen LogP contribution in [-0.2, 0) is 19.1 Å². The average Bonchev–Trinajstić information content (AvgIpc) is 3.29. The smallest absolute Gasteiger partial charge is 0.312 e. The molecule has 0 saturated carbocycles. The quantitative estimate of drug-likeness (QED) is 0.615. The number of nitrogens with zero attached hydrogens (tertiary/aromatic N) is 1. The van der Waals surface area contributed by atoms with Crippen molar-refractivity contribution in [3.8, 4) is 5.75 Å². The summed E-state index contributed by atoms with van der Waals surface area (Å²) in [6.45, 7) is 2.44. The van der Waals surface area contributed by atoms with Gasteiger partial charge in [0.2, 0.25) is 5.91 Å². The van der Waals surface area contributed by atoms with Crippen LogP contribution in [0.5, 0.6) is 5.75 Å². The van der Waals surface area contributed by atoms with Crippen LogP contribution in [-0.4, -0.2) is 49.2 Å². The van der Waals surface area contributed by atoms with Crippen LogP contribution in [0.4, 0.5) is 0 Å². The van der Waals surface area contributed by atoms with E-state index >= 15 is 0 Å². The SMILES string of the molecule is COC(=O)[C@@H]1[C@@H]2C=C[C@]3(CN([C@H](C)c4ccc(OC)cc4)C(=O)[C@H]13)O2. The number of fused-ring (bicyclic) bond motifs is 1. The molecule has 0 N–H and O–H groups in total. The van der Waals surface area contributed by atoms with Gasteiger partial charge in [0.05, 0.1) is 38.8 Å². The Morgan fingerprint density at radius 3 is 2.68 bits per heavy atom. The van der Waals surface area contributed by atoms with Crippen LogP contribution in [0.1, 0.15) is 18.5 Å². The minimum absolute atomic E-state index is 0.0504. The predicted molar refractivity (Wildman–Crippen MR) is 88.9 cm³/mol. The number of likely N-dealkylation sites (tertiary alicyclic amines) is 1. The van der Waals surface area contributed by atoms with Gasteiger partial charge in [0.25, 0.3) is 0 Å². The number of ether oxygens (including phenoxy) is 3. The first-order valence-electron chi connectivity index (χ1n) is 8.40. The molecule has 132 valence electrons. The summed E-state index contributed by atoms with van der Waals surface area (Å²) >= 11 is 0. The number of hydrogen-bond donors (Lipinski definition) is 0. The fraction of sp³-hybridized carbons (Fsp3) is 0.474. The molecule has 5 atom stereocenters. The largest absolute Gasteiger partial charge is 0.497 e. The molecule has 3 aliphatic rings. The molecule has 6 heteroatoms. The second-order valence-electron chi connectivity index (χ2n) is 6.84. The summed E-state index contributed by atoms with van der Waals surface area (Å²) in [5.74, 6) is -0.722. The molecule has 1 amide bonds. The molecule has 0 aliphatic carbocycles. The molecule has 1 aromatic rings. The van der Waals surface area contributed by atoms with E-state index in [4.69, 9.17) is 14.2 Å². The topological polar surface area (TPSA) is 65.1 Å². The highest BCUT2D eigenvalue weighted by atomic mass is 16.5. The number of esters is 1. The normalized spacial score (nSPS) is 33.5. The number of amides is 1. The van der Waals surface area contributed by atoms with Crippen molar-refractivity contribution in [3.05, 3.63) is 42.0 Å². The standard InChI is InChI=1S/C19H21NO5/c1-11(12-4-6-13(23-2)7-5-12)20-10-19-9-8-14(25-19)15(18(22)24-3)16(19)17(20)21/h4-9,11,14-16H,10H2,1-3H3/t11-,14+,15-,16+,19-/m1/s1. The van der Waals surface area contributed by atoms with Gasteiger partial charge in [-0.2, -0.15) is 0 Å². The highest BCUT2D eigenvalue weighted by molar-refractivity contribution is 5.91. The van der Waals surface area contributed by atoms with Gasteiger partial charge in [0.15, 0.2) is 0 Å². The maximum Gasteiger partial charge on any atom is 0.312 e. The highest BCUT2D eigenvalue weighted by Gasteiger charge is 2.67. The number of benzene rings is 1. The molecule has 4 rings (SSSR count). The monoisotopic (exact) mass is 343 g/mol. The predicted octanol–water partition coefficient (Wildman–Crippen LogP) is 1.71. The Morgan fingerprint density at radius 1 is 1.32 bits per heavy atom. The van der Waals surface area contributed by atoms with Crippen molar-refractivity contribution in [1.29, 1.82) is 0 Å². The van der Waals surface area contributed by atoms with Crippen molar-refractivity contribution < 1.29 is 23.8 Å². The molecule has 0 aromatic heterocycles. The lowest BCUT2D eigenvalue weighted by Crippen LogP contribution is -2.39. The van der Waals surface area contributed by atoms with E-state index in [9.17, 15) is 9.59 Å². The molecule has 2 saturated heterocycles. The second kappa shape index (κ2) is 5.59. The van der Waals surface area contributed by atoms with E-state index in [1.165, 1.54) is 7.11 Å². The van der Waals surface area contributed by atoms with Gasteiger partial charge in [0.1, 0.15) is 17.3 Å². The molecule has 3 heterocycles. The maximum atomic E-state index is 13.1. The Bertz CT molecular complexity index is 743. The summed E-state index contributed by atoms with van der Waals surface area (Å²) in [6.07, 6.45) is 3.47. The minimum Gasteiger partial charge on any atom is -0.497 e. The summed E-state index contributed by atoms with van der Waals surface area (Å²) < 4.78 is 16.1. The molecule has 0 unspecified atom stereocenters. The lowest BCUT2D eigenvalue weighted by molar-refractivity contribution is -0.151. The molecule has 0 radical (unpaired) electrons. The van der Waals surface area contributed by atoms with E-state index in [1.54, 1.807) is 12.0 Å². The molecule has 25 heavy (non-hydrogen) atoms. The summed E-state index contributed by atoms with van der Waals surface area (Å²) in [6, 6.07) is 7.55. The third kappa shape index (κ3) is 2.20. The van der Waals surface area contributed by atoms with E-state index in [2.05, 4.69) is 0 Å². The Kier molecular flexibility index (Phi) is 3.61. The molecule has 2 fully saturated rings. The van der Waals surface area contributed by atoms with Crippen LogP contribution >= 0.6 is 0 Å². The van der Waals surface area contributed by atoms with Gasteiger partial charge in [-0.05, 0) is 24.6 Å². The average molecular weight is 343 g/mol. The third-order valence-electron chi connectivity index (χ3n) is 5.67. The maximum absolute atomic E-state index is 13.1. The van der Waals surface area contributed by atoms with Crippen molar-refractivity contribution in [3.63, 3.8) is 0 Å². The first kappa shape index (κ1) is 16.1. The molecule has 2 bridgehead atoms. The zero-order valence-electron chi connectivity index (χ0n) is 14.5. The van der Waals surface area contributed by atoms with Crippen molar-refractivity contribution in [2.75, 3.05) is 20.8 Å². The van der Waals surface area contributed by atoms with Gasteiger partial charge in [-0.3, -0.25) is 9.59 Å². The summed E-state index contributed by atoms with van der Waals surface area (Å²) in [4.78, 5) is 27.1. The van der Waals surface area contributed by atoms with Crippen LogP contribution in [0.25, 0.3) is 0 Å². The van der Waals surface area contributed by atoms with Gasteiger partial charge in [-0.15, -0.1) is 0 Å². The van der Waals surface area contributed by atoms with E-state index in [-0.39, 0.29) is 24.0 Å². The Morgan fingerprint density at radius 2 is 2.04 bits per heavy atom. The fourth-order valence-corrected chi connectivity index (χ4v) is 4.32. The van der Waals surface area contributed by atoms with E-state index in [0.29, 0.717) is 6.54 Å². The van der Waals surface area contributed by atoms with Gasteiger partial charge >= 0.3 is 5.97 Å². The van der Waals surface area contributed by atoms with Gasteiger partial charge in [-0.1, -0.05) is 24.3 Å². The van der Waals surface area contributed by atoms with Crippen LogP contribution in [0.3, 0.4) is 0 Å². The van der Waals surface area contributed by atoms with Crippen molar-refractivity contribution in [2.45, 2.75) is 24.7 Å². The summed E-state index contributed by atoms with van der Waals surface area (Å²) in [7, 11) is 2.97. The van der Waals surface area contributed by atoms with E-state index < -0.39 is 17.4 Å². The highest BCUT2D eigenvalue weighted by Crippen LogP contribution is 2.53. The molecule has 1 spiro atoms. The molecule has 6 nitrogen and oxygen atoms in total. The number of carbonyl (C=O) groups excluding carboxylic acids is 2. The second-order valence-corrected chi connectivity index (χ2v) is 6.84. The molecule has 1 aromatic carbocycles. The van der Waals surface area contributed by atoms with Crippen molar-refractivity contribution >= 4 is 11.9 Å². The first-order valence-corrected chi connectivity index (χ1v) is 8.40. The number of rotatable bonds is 4. The molecular weight excluding hydrogens is 322 g/mol. The summed E-state index contributed by atoms with van der Waals surface area (Å²) in [5.41, 5.74) is 0.306. The van der Waals surface area contributed by atoms with Crippen molar-refractivity contribution in [1.82, 2.24) is 4.90 Å². The van der Waals surface area contributed by atoms with Gasteiger partial charge in [0, 0.05) is 0 Å². The molecule has 3 aliphatic heterocycles. The first-order chi connectivity index (χ1) is 12.0. The third-order valence-corrected chi connectivity index (χ3v) is 5.67. The fourth-order valence-electron chi connectivity index (χ4n) is 4.32. The number of methoxy groups -OCH3 is 2. The lowest BCUT2D eigenvalue weighted by atomic mass is 9.77. The van der Waals surface area contributed by atoms with E-state index in [1.807, 2.05) is 43.3 Å². The van der Waals surface area contributed by atoms with Gasteiger partial charge < -0.3 is 19.1 Å². The zero-order chi connectivity index (χ0) is 17.8. The Hall–Kier alpha value is -2.34. The number of carbonyl (C=O) groups is 2. The minimum atomic E-state index is -0.707. The Balaban J connectivity index is 1.62. The van der Waals surface area contributed by atoms with Crippen LogP contribution in [0.15, 0.2) is 36.4 Å². The number of hydrogen-bond acceptors (Lipinski definition) is 5. The van der Waals surface area contributed by atoms with Crippen LogP contribution in [0, 0.1) is 11.8 Å². The molecular formula is C19H21NO5. The Labute approximate surface area is 146 Å². The summed E-state index contributed by atoms with van der Waals surface area (Å²) in [5, 5.41) is 0. The lowest BCUT2D eigenvalue weighted by Gasteiger charge is -2.27. The van der Waals surface area contributed by atoms with Crippen LogP contribution in [0.2, 0.25) is 0 Å². The zero-order valence-corrected chi connectivity index (χ0v) is 14.5. The van der Waals surface area contributed by atoms with Crippen LogP contribution < -0.4 is 4.74 Å². The van der Waals surface area contributed by atoms with Crippen molar-refractivity contribution in [2.24, 2.45) is 11.8 Å².